The summed E-state index contributed by atoms with van der Waals surface area (Å²) in [4.78, 5) is 32.5. The van der Waals surface area contributed by atoms with Gasteiger partial charge in [0, 0.05) is 24.1 Å². The van der Waals surface area contributed by atoms with Crippen LogP contribution in [0.5, 0.6) is 5.75 Å². The maximum atomic E-state index is 13.7. The predicted molar refractivity (Wildman–Crippen MR) is 83.2 cm³/mol. The lowest BCUT2D eigenvalue weighted by molar-refractivity contribution is 0.0975. The Morgan fingerprint density at radius 3 is 2.39 bits per heavy atom. The first-order valence-corrected chi connectivity index (χ1v) is 7.23. The van der Waals surface area contributed by atoms with E-state index in [4.69, 9.17) is 4.74 Å². The zero-order valence-corrected chi connectivity index (χ0v) is 13.3. The maximum absolute atomic E-state index is 13.7. The summed E-state index contributed by atoms with van der Waals surface area (Å²) in [6.45, 7) is 0. The van der Waals surface area contributed by atoms with Crippen molar-refractivity contribution in [3.8, 4) is 5.75 Å². The molecule has 0 spiro atoms. The van der Waals surface area contributed by atoms with Gasteiger partial charge in [-0.3, -0.25) is 9.59 Å². The van der Waals surface area contributed by atoms with E-state index in [9.17, 15) is 14.0 Å². The molecule has 3 rings (SSSR count). The summed E-state index contributed by atoms with van der Waals surface area (Å²) in [5.74, 6) is -1.49. The van der Waals surface area contributed by atoms with Crippen LogP contribution in [-0.4, -0.2) is 28.6 Å². The lowest BCUT2D eigenvalue weighted by atomic mass is 10.0. The van der Waals surface area contributed by atoms with Crippen molar-refractivity contribution in [3.63, 3.8) is 0 Å². The van der Waals surface area contributed by atoms with Crippen LogP contribution < -0.4 is 10.1 Å². The Bertz CT molecular complexity index is 867. The topological polar surface area (TPSA) is 81.2 Å². The van der Waals surface area contributed by atoms with Gasteiger partial charge in [-0.1, -0.05) is 0 Å². The van der Waals surface area contributed by atoms with Crippen molar-refractivity contribution in [1.29, 1.82) is 0 Å². The van der Waals surface area contributed by atoms with E-state index in [2.05, 4.69) is 31.2 Å². The van der Waals surface area contributed by atoms with Gasteiger partial charge in [-0.2, -0.15) is 0 Å². The fraction of sp³-hybridized carbons (Fsp3) is 0.0667. The Kier molecular flexibility index (Phi) is 3.91. The number of benzene rings is 1. The lowest BCUT2D eigenvalue weighted by Crippen LogP contribution is -2.26. The molecule has 1 heterocycles. The van der Waals surface area contributed by atoms with Crippen LogP contribution in [0.4, 0.5) is 10.1 Å². The zero-order chi connectivity index (χ0) is 16.6. The summed E-state index contributed by atoms with van der Waals surface area (Å²) in [7, 11) is 1.35. The number of methoxy groups -OCH3 is 1. The van der Waals surface area contributed by atoms with Crippen molar-refractivity contribution in [2.75, 3.05) is 12.4 Å². The van der Waals surface area contributed by atoms with E-state index in [0.717, 1.165) is 6.07 Å². The van der Waals surface area contributed by atoms with Crippen molar-refractivity contribution in [3.05, 3.63) is 58.0 Å². The molecule has 0 atom stereocenters. The highest BCUT2D eigenvalue weighted by molar-refractivity contribution is 9.12. The van der Waals surface area contributed by atoms with Gasteiger partial charge in [0.15, 0.2) is 11.6 Å². The Morgan fingerprint density at radius 1 is 1.13 bits per heavy atom. The van der Waals surface area contributed by atoms with E-state index in [1.807, 2.05) is 0 Å². The van der Waals surface area contributed by atoms with Crippen LogP contribution in [0.15, 0.2) is 40.8 Å². The third-order valence-corrected chi connectivity index (χ3v) is 3.95. The number of hydrogen-bond acceptors (Lipinski definition) is 6. The minimum Gasteiger partial charge on any atom is -0.494 e. The molecule has 1 aliphatic rings. The summed E-state index contributed by atoms with van der Waals surface area (Å²) < 4.78 is 18.6. The fourth-order valence-electron chi connectivity index (χ4n) is 2.11. The summed E-state index contributed by atoms with van der Waals surface area (Å²) >= 11 is 3.10. The molecule has 116 valence electrons. The first kappa shape index (κ1) is 15.3. The number of ether oxygens (including phenoxy) is 1. The standard InChI is InChI=1S/C15H9BrFN3O3/c1-23-9-3-2-7(6-8(9)17)20-11-10(16)14(21)12-13(15(11)22)19-5-4-18-12/h2-6,20H,1H3. The molecule has 1 aromatic carbocycles. The number of anilines is 1. The van der Waals surface area contributed by atoms with Crippen LogP contribution in [0, 0.1) is 5.82 Å². The van der Waals surface area contributed by atoms with Gasteiger partial charge in [-0.15, -0.1) is 0 Å². The molecule has 0 fully saturated rings. The average Bonchev–Trinajstić information content (AvgIpc) is 2.57. The van der Waals surface area contributed by atoms with Gasteiger partial charge >= 0.3 is 0 Å². The van der Waals surface area contributed by atoms with Crippen molar-refractivity contribution in [2.24, 2.45) is 0 Å². The summed E-state index contributed by atoms with van der Waals surface area (Å²) in [6.07, 6.45) is 2.66. The number of halogens is 2. The molecule has 1 aliphatic carbocycles. The predicted octanol–water partition coefficient (Wildman–Crippen LogP) is 2.72. The zero-order valence-electron chi connectivity index (χ0n) is 11.8. The van der Waals surface area contributed by atoms with E-state index in [-0.39, 0.29) is 27.3 Å². The van der Waals surface area contributed by atoms with Gasteiger partial charge in [0.2, 0.25) is 11.6 Å². The van der Waals surface area contributed by atoms with Crippen LogP contribution in [0.3, 0.4) is 0 Å². The highest BCUT2D eigenvalue weighted by atomic mass is 79.9. The summed E-state index contributed by atoms with van der Waals surface area (Å²) in [6, 6.07) is 4.10. The maximum Gasteiger partial charge on any atom is 0.231 e. The number of allylic oxidation sites excluding steroid dienone is 2. The molecule has 1 aromatic heterocycles. The SMILES string of the molecule is COc1ccc(NC2=C(Br)C(=O)c3nccnc3C2=O)cc1F. The Hall–Kier alpha value is -2.61. The summed E-state index contributed by atoms with van der Waals surface area (Å²) in [5.41, 5.74) is 0.212. The van der Waals surface area contributed by atoms with Gasteiger partial charge < -0.3 is 10.1 Å². The van der Waals surface area contributed by atoms with Gasteiger partial charge in [0.1, 0.15) is 17.1 Å². The number of Topliss-reactive ketones (excluding diaryl/α,β-unsaturated/α-hetero) is 2. The average molecular weight is 378 g/mol. The molecule has 1 N–H and O–H groups in total. The number of hydrogen-bond donors (Lipinski definition) is 1. The molecular formula is C15H9BrFN3O3. The number of ketones is 2. The third-order valence-electron chi connectivity index (χ3n) is 3.20. The third kappa shape index (κ3) is 2.61. The largest absolute Gasteiger partial charge is 0.494 e. The molecule has 23 heavy (non-hydrogen) atoms. The minimum atomic E-state index is -0.594. The van der Waals surface area contributed by atoms with Crippen LogP contribution in [-0.2, 0) is 0 Å². The number of nitrogens with one attached hydrogen (secondary N) is 1. The second kappa shape index (κ2) is 5.88. The summed E-state index contributed by atoms with van der Waals surface area (Å²) in [5, 5.41) is 2.74. The number of aromatic nitrogens is 2. The Morgan fingerprint density at radius 2 is 1.78 bits per heavy atom. The molecule has 0 saturated heterocycles. The van der Waals surface area contributed by atoms with Crippen molar-refractivity contribution in [1.82, 2.24) is 9.97 Å². The normalized spacial score (nSPS) is 13.9. The van der Waals surface area contributed by atoms with Crippen LogP contribution >= 0.6 is 15.9 Å². The number of rotatable bonds is 3. The van der Waals surface area contributed by atoms with Gasteiger partial charge in [0.25, 0.3) is 0 Å². The molecule has 2 aromatic rings. The second-order valence-electron chi connectivity index (χ2n) is 4.58. The molecule has 0 unspecified atom stereocenters. The van der Waals surface area contributed by atoms with Crippen molar-refractivity contribution >= 4 is 33.2 Å². The molecular weight excluding hydrogens is 369 g/mol. The molecule has 6 nitrogen and oxygen atoms in total. The van der Waals surface area contributed by atoms with Gasteiger partial charge in [-0.05, 0) is 28.1 Å². The number of nitrogens with zero attached hydrogens (tertiary/aromatic N) is 2. The molecule has 0 aliphatic heterocycles. The van der Waals surface area contributed by atoms with E-state index in [1.54, 1.807) is 0 Å². The van der Waals surface area contributed by atoms with E-state index in [0.29, 0.717) is 5.69 Å². The molecule has 0 radical (unpaired) electrons. The van der Waals surface area contributed by atoms with E-state index in [1.165, 1.54) is 31.6 Å². The van der Waals surface area contributed by atoms with Crippen LogP contribution in [0.1, 0.15) is 21.0 Å². The van der Waals surface area contributed by atoms with Crippen molar-refractivity contribution in [2.45, 2.75) is 0 Å². The molecule has 0 bridgehead atoms. The first-order valence-electron chi connectivity index (χ1n) is 6.43. The highest BCUT2D eigenvalue weighted by Crippen LogP contribution is 2.29. The van der Waals surface area contributed by atoms with Gasteiger partial charge in [-0.25, -0.2) is 14.4 Å². The Labute approximate surface area is 138 Å². The van der Waals surface area contributed by atoms with Crippen LogP contribution in [0.2, 0.25) is 0 Å². The number of carbonyl (C=O) groups excluding carboxylic acids is 2. The molecule has 0 amide bonds. The monoisotopic (exact) mass is 377 g/mol. The van der Waals surface area contributed by atoms with E-state index < -0.39 is 17.4 Å². The Balaban J connectivity index is 2.00. The number of fused-ring (bicyclic) bond motifs is 1. The minimum absolute atomic E-state index is 0.0177. The number of carbonyl (C=O) groups is 2. The molecule has 0 saturated carbocycles. The first-order chi connectivity index (χ1) is 11.0. The fourth-order valence-corrected chi connectivity index (χ4v) is 2.57. The van der Waals surface area contributed by atoms with Gasteiger partial charge in [0.05, 0.1) is 11.6 Å². The van der Waals surface area contributed by atoms with Crippen LogP contribution in [0.25, 0.3) is 0 Å². The lowest BCUT2D eigenvalue weighted by Gasteiger charge is -2.17. The second-order valence-corrected chi connectivity index (χ2v) is 5.37. The smallest absolute Gasteiger partial charge is 0.231 e. The highest BCUT2D eigenvalue weighted by Gasteiger charge is 2.33. The molecule has 8 heteroatoms. The quantitative estimate of drug-likeness (QED) is 0.885. The van der Waals surface area contributed by atoms with Crippen molar-refractivity contribution < 1.29 is 18.7 Å². The van der Waals surface area contributed by atoms with E-state index >= 15 is 0 Å².